The molecule has 0 N–H and O–H groups in total. The molecule has 2 unspecified atom stereocenters. The Morgan fingerprint density at radius 2 is 1.91 bits per heavy atom. The quantitative estimate of drug-likeness (QED) is 0.449. The van der Waals surface area contributed by atoms with E-state index in [-0.39, 0.29) is 15.8 Å². The number of carbonyl (C=O) groups excluding carboxylic acids is 2. The molecule has 0 aliphatic carbocycles. The van der Waals surface area contributed by atoms with E-state index >= 15 is 0 Å². The zero-order valence-corrected chi connectivity index (χ0v) is 22.4. The van der Waals surface area contributed by atoms with Crippen LogP contribution in [0.1, 0.15) is 71.8 Å². The Balaban J connectivity index is 1.83. The number of likely N-dealkylation sites (tertiary alicyclic amines) is 1. The zero-order valence-electron chi connectivity index (χ0n) is 20.8. The average Bonchev–Trinajstić information content (AvgIpc) is 3.12. The van der Waals surface area contributed by atoms with Gasteiger partial charge in [0.1, 0.15) is 16.7 Å². The summed E-state index contributed by atoms with van der Waals surface area (Å²) in [6.45, 7) is 7.67. The molecule has 1 aromatic rings. The van der Waals surface area contributed by atoms with Crippen molar-refractivity contribution in [2.45, 2.75) is 94.2 Å². The molecule has 0 spiro atoms. The monoisotopic (exact) mass is 523 g/mol. The number of sulfone groups is 1. The number of hydrogen-bond donors (Lipinski definition) is 0. The van der Waals surface area contributed by atoms with E-state index in [0.717, 1.165) is 31.2 Å². The summed E-state index contributed by atoms with van der Waals surface area (Å²) >= 11 is 6.12. The highest BCUT2D eigenvalue weighted by molar-refractivity contribution is 7.92. The molecule has 2 heterocycles. The van der Waals surface area contributed by atoms with E-state index in [1.807, 2.05) is 0 Å². The van der Waals surface area contributed by atoms with Crippen molar-refractivity contribution >= 4 is 44.7 Å². The van der Waals surface area contributed by atoms with Gasteiger partial charge in [-0.3, -0.25) is 9.69 Å². The molecule has 1 amide bonds. The first-order chi connectivity index (χ1) is 16.4. The molecule has 0 radical (unpaired) electrons. The van der Waals surface area contributed by atoms with E-state index in [2.05, 4.69) is 16.9 Å². The van der Waals surface area contributed by atoms with E-state index in [1.165, 1.54) is 4.90 Å². The number of piperidine rings is 1. The lowest BCUT2D eigenvalue weighted by molar-refractivity contribution is -0.102. The lowest BCUT2D eigenvalue weighted by Crippen LogP contribution is -2.49. The third-order valence-corrected chi connectivity index (χ3v) is 8.48. The minimum Gasteiger partial charge on any atom is -0.444 e. The number of amides is 1. The molecule has 192 valence electrons. The molecule has 3 rings (SSSR count). The molecule has 0 bridgehead atoms. The average molecular weight is 524 g/mol. The van der Waals surface area contributed by atoms with Crippen molar-refractivity contribution in [2.75, 3.05) is 6.54 Å². The zero-order chi connectivity index (χ0) is 25.9. The van der Waals surface area contributed by atoms with Gasteiger partial charge in [0.05, 0.1) is 4.90 Å². The minimum absolute atomic E-state index is 0.106. The highest BCUT2D eigenvalue weighted by atomic mass is 35.5. The Morgan fingerprint density at radius 3 is 2.49 bits per heavy atom. The van der Waals surface area contributed by atoms with E-state index in [4.69, 9.17) is 16.3 Å². The van der Waals surface area contributed by atoms with Crippen LogP contribution in [0.4, 0.5) is 4.79 Å². The van der Waals surface area contributed by atoms with Gasteiger partial charge >= 0.3 is 6.09 Å². The number of halogens is 1. The lowest BCUT2D eigenvalue weighted by atomic mass is 9.95. The summed E-state index contributed by atoms with van der Waals surface area (Å²) in [5.41, 5.74) is -0.602. The largest absolute Gasteiger partial charge is 0.444 e. The second-order valence-electron chi connectivity index (χ2n) is 10.1. The van der Waals surface area contributed by atoms with Crippen LogP contribution in [0.2, 0.25) is 0 Å². The standard InChI is InChI=1S/C25H34ClN3O5S/c1-5-6-14-25(27-20(17-30)22(26)28-25)16-18-10-12-19(13-11-18)35(32,33)21-9-7-8-15-29(21)23(31)34-24(2,3)4/h10-13,17,21H,5-9,14-16H2,1-4H3. The minimum atomic E-state index is -3.80. The number of nitrogens with zero attached hydrogens (tertiary/aromatic N) is 3. The van der Waals surface area contributed by atoms with Crippen molar-refractivity contribution in [3.8, 4) is 0 Å². The molecule has 2 atom stereocenters. The van der Waals surface area contributed by atoms with Crippen LogP contribution < -0.4 is 0 Å². The molecule has 8 nitrogen and oxygen atoms in total. The van der Waals surface area contributed by atoms with Crippen LogP contribution in [0, 0.1) is 0 Å². The van der Waals surface area contributed by atoms with Crippen LogP contribution >= 0.6 is 11.6 Å². The summed E-state index contributed by atoms with van der Waals surface area (Å²) in [7, 11) is -3.80. The third-order valence-electron chi connectivity index (χ3n) is 6.06. The fourth-order valence-electron chi connectivity index (χ4n) is 4.38. The summed E-state index contributed by atoms with van der Waals surface area (Å²) < 4.78 is 32.5. The molecule has 35 heavy (non-hydrogen) atoms. The summed E-state index contributed by atoms with van der Waals surface area (Å²) in [6, 6.07) is 6.59. The predicted octanol–water partition coefficient (Wildman–Crippen LogP) is 4.93. The summed E-state index contributed by atoms with van der Waals surface area (Å²) in [4.78, 5) is 34.5. The van der Waals surface area contributed by atoms with E-state index in [0.29, 0.717) is 32.1 Å². The van der Waals surface area contributed by atoms with Crippen LogP contribution in [0.3, 0.4) is 0 Å². The maximum Gasteiger partial charge on any atom is 0.411 e. The second-order valence-corrected chi connectivity index (χ2v) is 12.6. The van der Waals surface area contributed by atoms with Gasteiger partial charge in [0.15, 0.2) is 27.0 Å². The number of unbranched alkanes of at least 4 members (excludes halogenated alkanes) is 1. The number of aliphatic imine (C=N–C) groups is 2. The van der Waals surface area contributed by atoms with Crippen LogP contribution in [0.25, 0.3) is 0 Å². The van der Waals surface area contributed by atoms with Gasteiger partial charge in [0, 0.05) is 13.0 Å². The lowest BCUT2D eigenvalue weighted by Gasteiger charge is -2.36. The number of hydrogen-bond acceptors (Lipinski definition) is 7. The fourth-order valence-corrected chi connectivity index (χ4v) is 6.46. The van der Waals surface area contributed by atoms with Gasteiger partial charge in [-0.2, -0.15) is 0 Å². The Hall–Kier alpha value is -2.26. The predicted molar refractivity (Wildman–Crippen MR) is 137 cm³/mol. The van der Waals surface area contributed by atoms with Crippen molar-refractivity contribution in [3.63, 3.8) is 0 Å². The number of benzene rings is 1. The van der Waals surface area contributed by atoms with Crippen molar-refractivity contribution in [1.82, 2.24) is 4.90 Å². The van der Waals surface area contributed by atoms with Crippen LogP contribution in [-0.4, -0.2) is 59.8 Å². The first kappa shape index (κ1) is 27.3. The first-order valence-electron chi connectivity index (χ1n) is 12.0. The Kier molecular flexibility index (Phi) is 8.42. The second kappa shape index (κ2) is 10.8. The van der Waals surface area contributed by atoms with Crippen LogP contribution in [0.15, 0.2) is 39.1 Å². The number of aldehydes is 1. The molecular formula is C25H34ClN3O5S. The van der Waals surface area contributed by atoms with E-state index in [1.54, 1.807) is 45.0 Å². The summed E-state index contributed by atoms with van der Waals surface area (Å²) in [5.74, 6) is 0. The third kappa shape index (κ3) is 6.50. The van der Waals surface area contributed by atoms with Crippen molar-refractivity contribution in [3.05, 3.63) is 29.8 Å². The topological polar surface area (TPSA) is 105 Å². The molecule has 0 aromatic heterocycles. The highest BCUT2D eigenvalue weighted by Gasteiger charge is 2.40. The molecule has 2 aliphatic heterocycles. The van der Waals surface area contributed by atoms with Crippen molar-refractivity contribution < 1.29 is 22.7 Å². The number of rotatable bonds is 8. The Labute approximate surface area is 212 Å². The smallest absolute Gasteiger partial charge is 0.411 e. The van der Waals surface area contributed by atoms with Crippen molar-refractivity contribution in [2.24, 2.45) is 9.98 Å². The Bertz CT molecular complexity index is 1110. The highest BCUT2D eigenvalue weighted by Crippen LogP contribution is 2.33. The summed E-state index contributed by atoms with van der Waals surface area (Å²) in [5, 5.41) is -0.860. The van der Waals surface area contributed by atoms with Gasteiger partial charge < -0.3 is 4.74 Å². The Morgan fingerprint density at radius 1 is 1.23 bits per heavy atom. The molecule has 0 saturated carbocycles. The van der Waals surface area contributed by atoms with Gasteiger partial charge in [-0.15, -0.1) is 0 Å². The molecular weight excluding hydrogens is 490 g/mol. The maximum atomic E-state index is 13.5. The van der Waals surface area contributed by atoms with Crippen LogP contribution in [-0.2, 0) is 25.8 Å². The molecule has 2 aliphatic rings. The van der Waals surface area contributed by atoms with E-state index < -0.39 is 32.6 Å². The number of carbonyl (C=O) groups is 2. The van der Waals surface area contributed by atoms with Gasteiger partial charge in [0.25, 0.3) is 0 Å². The first-order valence-corrected chi connectivity index (χ1v) is 14.0. The maximum absolute atomic E-state index is 13.5. The fraction of sp³-hybridized carbons (Fsp3) is 0.600. The number of ether oxygens (including phenoxy) is 1. The van der Waals surface area contributed by atoms with E-state index in [9.17, 15) is 18.0 Å². The molecule has 1 aromatic carbocycles. The van der Waals surface area contributed by atoms with Gasteiger partial charge in [-0.25, -0.2) is 23.2 Å². The molecule has 10 heteroatoms. The van der Waals surface area contributed by atoms with Gasteiger partial charge in [0.2, 0.25) is 0 Å². The molecule has 1 fully saturated rings. The van der Waals surface area contributed by atoms with Gasteiger partial charge in [-0.05, 0) is 70.6 Å². The van der Waals surface area contributed by atoms with Gasteiger partial charge in [-0.1, -0.05) is 37.1 Å². The van der Waals surface area contributed by atoms with Crippen LogP contribution in [0.5, 0.6) is 0 Å². The van der Waals surface area contributed by atoms with Crippen molar-refractivity contribution in [1.29, 1.82) is 0 Å². The SMILES string of the molecule is CCCCC1(Cc2ccc(S(=O)(=O)C3CCCCN3C(=O)OC(C)(C)C)cc2)N=C(Cl)C(C=O)=N1. The summed E-state index contributed by atoms with van der Waals surface area (Å²) in [6.07, 6.45) is 4.63. The molecule has 1 saturated heterocycles. The normalized spacial score (nSPS) is 23.0.